The minimum absolute atomic E-state index is 0.177. The van der Waals surface area contributed by atoms with Crippen LogP contribution in [0.4, 0.5) is 5.69 Å². The molecule has 0 saturated heterocycles. The van der Waals surface area contributed by atoms with E-state index in [-0.39, 0.29) is 4.90 Å². The topological polar surface area (TPSA) is 71.5 Å². The highest BCUT2D eigenvalue weighted by atomic mass is 32.2. The van der Waals surface area contributed by atoms with Crippen LogP contribution in [0.25, 0.3) is 9.88 Å². The molecular formula is C24H22N3O3S3. The van der Waals surface area contributed by atoms with Crippen LogP contribution in [0.1, 0.15) is 17.3 Å². The van der Waals surface area contributed by atoms with Crippen molar-refractivity contribution >= 4 is 38.4 Å². The summed E-state index contributed by atoms with van der Waals surface area (Å²) >= 11 is 3.14. The summed E-state index contributed by atoms with van der Waals surface area (Å²) in [4.78, 5) is 8.07. The Morgan fingerprint density at radius 1 is 1.21 bits per heavy atom. The minimum atomic E-state index is -3.81. The van der Waals surface area contributed by atoms with Gasteiger partial charge in [-0.2, -0.15) is 0 Å². The maximum atomic E-state index is 13.4. The lowest BCUT2D eigenvalue weighted by molar-refractivity contribution is 0.310. The summed E-state index contributed by atoms with van der Waals surface area (Å²) in [6.45, 7) is 1.29. The molecule has 2 aromatic carbocycles. The van der Waals surface area contributed by atoms with Crippen LogP contribution >= 0.6 is 22.7 Å². The van der Waals surface area contributed by atoms with Crippen LogP contribution in [0.3, 0.4) is 0 Å². The number of nitrogens with one attached hydrogen (secondary N) is 1. The zero-order valence-corrected chi connectivity index (χ0v) is 20.3. The largest absolute Gasteiger partial charge is 0.490 e. The second-order valence-corrected chi connectivity index (χ2v) is 11.3. The molecule has 0 spiro atoms. The summed E-state index contributed by atoms with van der Waals surface area (Å²) in [6.07, 6.45) is 0.478. The fourth-order valence-corrected chi connectivity index (χ4v) is 6.63. The van der Waals surface area contributed by atoms with E-state index in [1.807, 2.05) is 54.2 Å². The van der Waals surface area contributed by atoms with Crippen molar-refractivity contribution in [2.24, 2.45) is 0 Å². The van der Waals surface area contributed by atoms with E-state index in [4.69, 9.17) is 9.72 Å². The predicted octanol–water partition coefficient (Wildman–Crippen LogP) is 4.76. The molecule has 0 aliphatic carbocycles. The summed E-state index contributed by atoms with van der Waals surface area (Å²) in [7, 11) is -1.85. The molecule has 5 rings (SSSR count). The fraction of sp³-hybridized carbons (Fsp3) is 0.208. The molecule has 4 aromatic rings. The predicted molar refractivity (Wildman–Crippen MR) is 133 cm³/mol. The van der Waals surface area contributed by atoms with Crippen LogP contribution in [0.2, 0.25) is 0 Å². The van der Waals surface area contributed by atoms with Gasteiger partial charge >= 0.3 is 0 Å². The number of anilines is 1. The highest BCUT2D eigenvalue weighted by molar-refractivity contribution is 7.89. The van der Waals surface area contributed by atoms with Crippen LogP contribution in [-0.4, -0.2) is 33.6 Å². The van der Waals surface area contributed by atoms with Crippen LogP contribution < -0.4 is 14.4 Å². The molecule has 0 fully saturated rings. The van der Waals surface area contributed by atoms with Crippen LogP contribution in [0.5, 0.6) is 5.75 Å². The monoisotopic (exact) mass is 496 g/mol. The van der Waals surface area contributed by atoms with Crippen LogP contribution in [0, 0.1) is 6.07 Å². The van der Waals surface area contributed by atoms with Gasteiger partial charge in [0.05, 0.1) is 33.7 Å². The third kappa shape index (κ3) is 4.81. The quantitative estimate of drug-likeness (QED) is 0.399. The molecule has 1 aliphatic heterocycles. The Kier molecular flexibility index (Phi) is 6.20. The Morgan fingerprint density at radius 2 is 2.06 bits per heavy atom. The number of fused-ring (bicyclic) bond motifs is 1. The first-order valence-electron chi connectivity index (χ1n) is 10.4. The molecule has 9 heteroatoms. The number of aromatic nitrogens is 1. The molecule has 1 atom stereocenters. The van der Waals surface area contributed by atoms with E-state index in [1.165, 1.54) is 11.3 Å². The highest BCUT2D eigenvalue weighted by Gasteiger charge is 2.26. The molecule has 3 heterocycles. The van der Waals surface area contributed by atoms with Crippen molar-refractivity contribution in [3.05, 3.63) is 82.7 Å². The van der Waals surface area contributed by atoms with E-state index in [1.54, 1.807) is 29.5 Å². The molecule has 1 aliphatic rings. The smallest absolute Gasteiger partial charge is 0.241 e. The average Bonchev–Trinajstić information content (AvgIpc) is 3.51. The molecule has 6 nitrogen and oxygen atoms in total. The lowest BCUT2D eigenvalue weighted by Crippen LogP contribution is -2.31. The summed E-state index contributed by atoms with van der Waals surface area (Å²) in [6, 6.07) is 19.1. The summed E-state index contributed by atoms with van der Waals surface area (Å²) < 4.78 is 35.4. The third-order valence-electron chi connectivity index (χ3n) is 5.47. The van der Waals surface area contributed by atoms with E-state index >= 15 is 0 Å². The third-order valence-corrected chi connectivity index (χ3v) is 8.84. The SMILES string of the molecule is CN1CCOc2cc(S(=O)(=O)N[C@@H](Cc3cc[c]cc3)c3csc(-c4cccs4)n3)ccc21. The van der Waals surface area contributed by atoms with Crippen LogP contribution in [-0.2, 0) is 16.4 Å². The van der Waals surface area contributed by atoms with Gasteiger partial charge in [0, 0.05) is 18.5 Å². The van der Waals surface area contributed by atoms with Gasteiger partial charge in [0.15, 0.2) is 0 Å². The lowest BCUT2D eigenvalue weighted by Gasteiger charge is -2.28. The van der Waals surface area contributed by atoms with Crippen molar-refractivity contribution in [3.8, 4) is 15.6 Å². The number of rotatable bonds is 7. The van der Waals surface area contributed by atoms with E-state index in [0.717, 1.165) is 27.7 Å². The molecule has 1 N–H and O–H groups in total. The standard InChI is InChI=1S/C24H22N3O3S3/c1-27-11-12-30-22-15-18(9-10-21(22)27)33(28,29)26-19(14-17-6-3-2-4-7-17)20-16-32-24(25-20)23-8-5-13-31-23/h3-10,13,15-16,19,26H,11-12,14H2,1H3/t19-/m0/s1. The first-order valence-corrected chi connectivity index (χ1v) is 13.7. The lowest BCUT2D eigenvalue weighted by atomic mass is 10.1. The Labute approximate surface area is 201 Å². The molecule has 0 saturated carbocycles. The van der Waals surface area contributed by atoms with Gasteiger partial charge in [-0.15, -0.1) is 22.7 Å². The molecule has 169 valence electrons. The number of likely N-dealkylation sites (N-methyl/N-ethyl adjacent to an activating group) is 1. The molecule has 0 unspecified atom stereocenters. The number of nitrogens with zero attached hydrogens (tertiary/aromatic N) is 2. The fourth-order valence-electron chi connectivity index (χ4n) is 3.72. The van der Waals surface area contributed by atoms with Gasteiger partial charge in [-0.1, -0.05) is 30.3 Å². The number of hydrogen-bond acceptors (Lipinski definition) is 7. The number of ether oxygens (including phenoxy) is 1. The van der Waals surface area contributed by atoms with Gasteiger partial charge in [-0.25, -0.2) is 18.1 Å². The number of hydrogen-bond donors (Lipinski definition) is 1. The first kappa shape index (κ1) is 22.1. The maximum absolute atomic E-state index is 13.4. The van der Waals surface area contributed by atoms with Crippen molar-refractivity contribution in [1.29, 1.82) is 0 Å². The maximum Gasteiger partial charge on any atom is 0.241 e. The van der Waals surface area contributed by atoms with Crippen molar-refractivity contribution in [2.75, 3.05) is 25.1 Å². The normalized spacial score (nSPS) is 14.5. The first-order chi connectivity index (χ1) is 16.0. The minimum Gasteiger partial charge on any atom is -0.490 e. The number of sulfonamides is 1. The second-order valence-electron chi connectivity index (χ2n) is 7.74. The Hall–Kier alpha value is -2.72. The summed E-state index contributed by atoms with van der Waals surface area (Å²) in [5, 5.41) is 4.82. The second kappa shape index (κ2) is 9.26. The van der Waals surface area contributed by atoms with Gasteiger partial charge in [-0.05, 0) is 41.6 Å². The van der Waals surface area contributed by atoms with Crippen LogP contribution in [0.15, 0.2) is 70.3 Å². The molecular weight excluding hydrogens is 474 g/mol. The zero-order valence-electron chi connectivity index (χ0n) is 17.9. The Balaban J connectivity index is 1.46. The number of benzene rings is 2. The Bertz CT molecular complexity index is 1340. The van der Waals surface area contributed by atoms with E-state index in [0.29, 0.717) is 24.5 Å². The molecule has 0 amide bonds. The van der Waals surface area contributed by atoms with Crippen molar-refractivity contribution in [3.63, 3.8) is 0 Å². The summed E-state index contributed by atoms with van der Waals surface area (Å²) in [5.74, 6) is 0.579. The van der Waals surface area contributed by atoms with Gasteiger partial charge < -0.3 is 9.64 Å². The molecule has 0 bridgehead atoms. The van der Waals surface area contributed by atoms with E-state index in [2.05, 4.69) is 15.7 Å². The van der Waals surface area contributed by atoms with Gasteiger partial charge in [0.2, 0.25) is 10.0 Å². The average molecular weight is 497 g/mol. The molecule has 33 heavy (non-hydrogen) atoms. The van der Waals surface area contributed by atoms with Gasteiger partial charge in [0.1, 0.15) is 17.4 Å². The van der Waals surface area contributed by atoms with Crippen molar-refractivity contribution in [1.82, 2.24) is 9.71 Å². The van der Waals surface area contributed by atoms with Crippen molar-refractivity contribution in [2.45, 2.75) is 17.4 Å². The van der Waals surface area contributed by atoms with Gasteiger partial charge in [0.25, 0.3) is 0 Å². The molecule has 1 radical (unpaired) electrons. The number of thiophene rings is 1. The highest BCUT2D eigenvalue weighted by Crippen LogP contribution is 2.34. The molecule has 2 aromatic heterocycles. The van der Waals surface area contributed by atoms with Gasteiger partial charge in [-0.3, -0.25) is 0 Å². The summed E-state index contributed by atoms with van der Waals surface area (Å²) in [5.41, 5.74) is 2.59. The Morgan fingerprint density at radius 3 is 2.85 bits per heavy atom. The number of thiazole rings is 1. The zero-order chi connectivity index (χ0) is 22.8. The van der Waals surface area contributed by atoms with Crippen molar-refractivity contribution < 1.29 is 13.2 Å². The van der Waals surface area contributed by atoms with E-state index in [9.17, 15) is 8.42 Å². The van der Waals surface area contributed by atoms with E-state index < -0.39 is 16.1 Å².